The summed E-state index contributed by atoms with van der Waals surface area (Å²) in [5.74, 6) is -0.183. The zero-order valence-corrected chi connectivity index (χ0v) is 10.4. The summed E-state index contributed by atoms with van der Waals surface area (Å²) in [6, 6.07) is 8.95. The van der Waals surface area contributed by atoms with Gasteiger partial charge in [0.25, 0.3) is 5.91 Å². The average molecular weight is 241 g/mol. The van der Waals surface area contributed by atoms with E-state index in [9.17, 15) is 4.79 Å². The number of hydrogen-bond acceptors (Lipinski definition) is 3. The van der Waals surface area contributed by atoms with Gasteiger partial charge in [-0.3, -0.25) is 9.78 Å². The highest BCUT2D eigenvalue weighted by Gasteiger charge is 2.08. The lowest BCUT2D eigenvalue weighted by Crippen LogP contribution is -2.13. The summed E-state index contributed by atoms with van der Waals surface area (Å²) >= 11 is 0. The number of nitrogen functional groups attached to an aromatic ring is 1. The number of carbonyl (C=O) groups is 1. The molecule has 0 radical (unpaired) electrons. The number of carbonyl (C=O) groups excluding carboxylic acids is 1. The van der Waals surface area contributed by atoms with Gasteiger partial charge in [-0.05, 0) is 43.7 Å². The summed E-state index contributed by atoms with van der Waals surface area (Å²) < 4.78 is 0. The van der Waals surface area contributed by atoms with E-state index in [2.05, 4.69) is 10.3 Å². The lowest BCUT2D eigenvalue weighted by molar-refractivity contribution is 0.102. The van der Waals surface area contributed by atoms with Gasteiger partial charge in [-0.15, -0.1) is 0 Å². The molecule has 0 atom stereocenters. The Morgan fingerprint density at radius 1 is 1.22 bits per heavy atom. The van der Waals surface area contributed by atoms with Gasteiger partial charge in [0, 0.05) is 17.5 Å². The minimum absolute atomic E-state index is 0.183. The third-order valence-electron chi connectivity index (χ3n) is 2.62. The first-order chi connectivity index (χ1) is 8.56. The standard InChI is InChI=1S/C14H15N3O/c1-9-3-4-12(15)13(7-9)17-14(18)11-5-6-16-10(2)8-11/h3-8H,15H2,1-2H3,(H,17,18). The van der Waals surface area contributed by atoms with Crippen molar-refractivity contribution in [2.24, 2.45) is 0 Å². The molecular weight excluding hydrogens is 226 g/mol. The zero-order chi connectivity index (χ0) is 13.1. The van der Waals surface area contributed by atoms with Gasteiger partial charge >= 0.3 is 0 Å². The van der Waals surface area contributed by atoms with Crippen LogP contribution in [0.2, 0.25) is 0 Å². The number of nitrogens with two attached hydrogens (primary N) is 1. The molecule has 0 bridgehead atoms. The van der Waals surface area contributed by atoms with Crippen LogP contribution in [-0.4, -0.2) is 10.9 Å². The molecule has 1 aromatic heterocycles. The number of anilines is 2. The number of nitrogens with one attached hydrogen (secondary N) is 1. The van der Waals surface area contributed by atoms with Crippen LogP contribution in [0.15, 0.2) is 36.5 Å². The Morgan fingerprint density at radius 3 is 2.72 bits per heavy atom. The molecular formula is C14H15N3O. The lowest BCUT2D eigenvalue weighted by Gasteiger charge is -2.09. The molecule has 2 rings (SSSR count). The fourth-order valence-electron chi connectivity index (χ4n) is 1.66. The largest absolute Gasteiger partial charge is 0.397 e. The van der Waals surface area contributed by atoms with Gasteiger partial charge in [-0.25, -0.2) is 0 Å². The van der Waals surface area contributed by atoms with Gasteiger partial charge in [0.05, 0.1) is 11.4 Å². The van der Waals surface area contributed by atoms with Crippen LogP contribution in [0.3, 0.4) is 0 Å². The maximum absolute atomic E-state index is 12.0. The third kappa shape index (κ3) is 2.66. The van der Waals surface area contributed by atoms with E-state index in [1.165, 1.54) is 0 Å². The van der Waals surface area contributed by atoms with Crippen molar-refractivity contribution in [1.29, 1.82) is 0 Å². The van der Waals surface area contributed by atoms with E-state index < -0.39 is 0 Å². The summed E-state index contributed by atoms with van der Waals surface area (Å²) in [6.45, 7) is 3.80. The highest BCUT2D eigenvalue weighted by molar-refractivity contribution is 6.05. The van der Waals surface area contributed by atoms with Gasteiger partial charge in [-0.2, -0.15) is 0 Å². The molecule has 0 saturated heterocycles. The minimum atomic E-state index is -0.183. The summed E-state index contributed by atoms with van der Waals surface area (Å²) in [5, 5.41) is 2.80. The van der Waals surface area contributed by atoms with Gasteiger partial charge in [0.2, 0.25) is 0 Å². The second-order valence-electron chi connectivity index (χ2n) is 4.23. The molecule has 1 aromatic carbocycles. The maximum Gasteiger partial charge on any atom is 0.255 e. The second-order valence-corrected chi connectivity index (χ2v) is 4.23. The first kappa shape index (κ1) is 12.1. The Bertz CT molecular complexity index is 593. The molecule has 4 heteroatoms. The smallest absolute Gasteiger partial charge is 0.255 e. The predicted molar refractivity (Wildman–Crippen MR) is 72.5 cm³/mol. The number of aryl methyl sites for hydroxylation is 2. The number of benzene rings is 1. The Kier molecular flexibility index (Phi) is 3.28. The van der Waals surface area contributed by atoms with Crippen molar-refractivity contribution in [1.82, 2.24) is 4.98 Å². The van der Waals surface area contributed by atoms with E-state index in [1.807, 2.05) is 26.0 Å². The molecule has 0 saturated carbocycles. The van der Waals surface area contributed by atoms with Crippen LogP contribution in [0.5, 0.6) is 0 Å². The minimum Gasteiger partial charge on any atom is -0.397 e. The van der Waals surface area contributed by atoms with Gasteiger partial charge < -0.3 is 11.1 Å². The van der Waals surface area contributed by atoms with E-state index in [0.29, 0.717) is 16.9 Å². The van der Waals surface area contributed by atoms with Crippen molar-refractivity contribution >= 4 is 17.3 Å². The van der Waals surface area contributed by atoms with Crippen LogP contribution in [0.25, 0.3) is 0 Å². The molecule has 3 N–H and O–H groups in total. The molecule has 1 amide bonds. The van der Waals surface area contributed by atoms with Crippen molar-refractivity contribution in [2.45, 2.75) is 13.8 Å². The van der Waals surface area contributed by atoms with E-state index in [1.54, 1.807) is 24.4 Å². The SMILES string of the molecule is Cc1ccc(N)c(NC(=O)c2ccnc(C)c2)c1. The first-order valence-electron chi connectivity index (χ1n) is 5.66. The fraction of sp³-hybridized carbons (Fsp3) is 0.143. The molecule has 0 spiro atoms. The van der Waals surface area contributed by atoms with Gasteiger partial charge in [-0.1, -0.05) is 6.07 Å². The summed E-state index contributed by atoms with van der Waals surface area (Å²) in [5.41, 5.74) is 9.43. The van der Waals surface area contributed by atoms with Gasteiger partial charge in [0.15, 0.2) is 0 Å². The normalized spacial score (nSPS) is 10.1. The third-order valence-corrected chi connectivity index (χ3v) is 2.62. The van der Waals surface area contributed by atoms with Crippen LogP contribution in [-0.2, 0) is 0 Å². The monoisotopic (exact) mass is 241 g/mol. The van der Waals surface area contributed by atoms with Crippen molar-refractivity contribution in [3.05, 3.63) is 53.3 Å². The molecule has 0 fully saturated rings. The van der Waals surface area contributed by atoms with E-state index >= 15 is 0 Å². The topological polar surface area (TPSA) is 68.0 Å². The quantitative estimate of drug-likeness (QED) is 0.794. The number of amides is 1. The Labute approximate surface area is 106 Å². The molecule has 0 unspecified atom stereocenters. The number of aromatic nitrogens is 1. The summed E-state index contributed by atoms with van der Waals surface area (Å²) in [7, 11) is 0. The van der Waals surface area contributed by atoms with Crippen molar-refractivity contribution in [3.63, 3.8) is 0 Å². The predicted octanol–water partition coefficient (Wildman–Crippen LogP) is 2.53. The number of pyridine rings is 1. The number of hydrogen-bond donors (Lipinski definition) is 2. The molecule has 92 valence electrons. The molecule has 1 heterocycles. The van der Waals surface area contributed by atoms with Crippen LogP contribution < -0.4 is 11.1 Å². The maximum atomic E-state index is 12.0. The zero-order valence-electron chi connectivity index (χ0n) is 10.4. The lowest BCUT2D eigenvalue weighted by atomic mass is 10.1. The van der Waals surface area contributed by atoms with Crippen LogP contribution in [0, 0.1) is 13.8 Å². The fourth-order valence-corrected chi connectivity index (χ4v) is 1.66. The van der Waals surface area contributed by atoms with Crippen LogP contribution in [0.1, 0.15) is 21.6 Å². The van der Waals surface area contributed by atoms with Crippen molar-refractivity contribution in [2.75, 3.05) is 11.1 Å². The molecule has 4 nitrogen and oxygen atoms in total. The highest BCUT2D eigenvalue weighted by atomic mass is 16.1. The number of nitrogens with zero attached hydrogens (tertiary/aromatic N) is 1. The molecule has 2 aromatic rings. The summed E-state index contributed by atoms with van der Waals surface area (Å²) in [4.78, 5) is 16.1. The van der Waals surface area contributed by atoms with Gasteiger partial charge in [0.1, 0.15) is 0 Å². The average Bonchev–Trinajstić information content (AvgIpc) is 2.34. The molecule has 0 aliphatic carbocycles. The van der Waals surface area contributed by atoms with Crippen LogP contribution in [0.4, 0.5) is 11.4 Å². The first-order valence-corrected chi connectivity index (χ1v) is 5.66. The molecule has 18 heavy (non-hydrogen) atoms. The Balaban J connectivity index is 2.24. The van der Waals surface area contributed by atoms with E-state index in [0.717, 1.165) is 11.3 Å². The Hall–Kier alpha value is -2.36. The second kappa shape index (κ2) is 4.87. The van der Waals surface area contributed by atoms with Crippen molar-refractivity contribution in [3.8, 4) is 0 Å². The Morgan fingerprint density at radius 2 is 2.00 bits per heavy atom. The van der Waals surface area contributed by atoms with E-state index in [-0.39, 0.29) is 5.91 Å². The molecule has 0 aliphatic rings. The summed E-state index contributed by atoms with van der Waals surface area (Å²) in [6.07, 6.45) is 1.61. The van der Waals surface area contributed by atoms with Crippen LogP contribution >= 0.6 is 0 Å². The van der Waals surface area contributed by atoms with Crippen molar-refractivity contribution < 1.29 is 4.79 Å². The van der Waals surface area contributed by atoms with E-state index in [4.69, 9.17) is 5.73 Å². The molecule has 0 aliphatic heterocycles. The number of rotatable bonds is 2. The highest BCUT2D eigenvalue weighted by Crippen LogP contribution is 2.20.